The zero-order valence-corrected chi connectivity index (χ0v) is 16.6. The van der Waals surface area contributed by atoms with Gasteiger partial charge >= 0.3 is 0 Å². The second-order valence-electron chi connectivity index (χ2n) is 6.86. The van der Waals surface area contributed by atoms with Crippen molar-refractivity contribution in [2.45, 2.75) is 18.9 Å². The van der Waals surface area contributed by atoms with Gasteiger partial charge in [-0.15, -0.1) is 0 Å². The van der Waals surface area contributed by atoms with Gasteiger partial charge in [-0.1, -0.05) is 23.7 Å². The number of hydrogen-bond donors (Lipinski definition) is 0. The van der Waals surface area contributed by atoms with Gasteiger partial charge in [0.1, 0.15) is 17.6 Å². The van der Waals surface area contributed by atoms with E-state index in [0.29, 0.717) is 35.3 Å². The number of piperidine rings is 1. The van der Waals surface area contributed by atoms with E-state index in [1.54, 1.807) is 18.3 Å². The summed E-state index contributed by atoms with van der Waals surface area (Å²) >= 11 is 5.91. The van der Waals surface area contributed by atoms with Crippen LogP contribution in [0.3, 0.4) is 0 Å². The Labute approximate surface area is 174 Å². The van der Waals surface area contributed by atoms with Crippen LogP contribution in [0.5, 0.6) is 17.4 Å². The molecular formula is C23H21ClN2O3. The number of benzene rings is 2. The van der Waals surface area contributed by atoms with Crippen LogP contribution in [0.2, 0.25) is 5.02 Å². The number of nitrogens with zero attached hydrogens (tertiary/aromatic N) is 2. The lowest BCUT2D eigenvalue weighted by Crippen LogP contribution is -2.41. The van der Waals surface area contributed by atoms with E-state index in [1.807, 2.05) is 59.5 Å². The second-order valence-corrected chi connectivity index (χ2v) is 7.30. The van der Waals surface area contributed by atoms with Gasteiger partial charge in [0.25, 0.3) is 5.91 Å². The number of carbonyl (C=O) groups is 1. The molecule has 1 aromatic heterocycles. The maximum absolute atomic E-state index is 12.9. The third kappa shape index (κ3) is 5.06. The Morgan fingerprint density at radius 3 is 2.48 bits per heavy atom. The van der Waals surface area contributed by atoms with Crippen LogP contribution in [0.25, 0.3) is 0 Å². The van der Waals surface area contributed by atoms with E-state index < -0.39 is 0 Å². The zero-order chi connectivity index (χ0) is 20.1. The molecule has 5 nitrogen and oxygen atoms in total. The maximum Gasteiger partial charge on any atom is 0.253 e. The predicted octanol–water partition coefficient (Wildman–Crippen LogP) is 5.21. The highest BCUT2D eigenvalue weighted by Gasteiger charge is 2.25. The van der Waals surface area contributed by atoms with Crippen LogP contribution < -0.4 is 9.47 Å². The predicted molar refractivity (Wildman–Crippen MR) is 112 cm³/mol. The fourth-order valence-electron chi connectivity index (χ4n) is 3.29. The van der Waals surface area contributed by atoms with Crippen LogP contribution in [-0.2, 0) is 0 Å². The van der Waals surface area contributed by atoms with Gasteiger partial charge in [-0.2, -0.15) is 0 Å². The van der Waals surface area contributed by atoms with Crippen LogP contribution in [0.15, 0.2) is 72.9 Å². The number of rotatable bonds is 5. The second kappa shape index (κ2) is 8.97. The average molecular weight is 409 g/mol. The molecule has 0 aliphatic carbocycles. The summed E-state index contributed by atoms with van der Waals surface area (Å²) in [7, 11) is 0. The summed E-state index contributed by atoms with van der Waals surface area (Å²) in [6, 6.07) is 20.0. The van der Waals surface area contributed by atoms with Gasteiger partial charge in [0.15, 0.2) is 0 Å². The fourth-order valence-corrected chi connectivity index (χ4v) is 3.41. The number of amides is 1. The molecule has 29 heavy (non-hydrogen) atoms. The number of hydrogen-bond acceptors (Lipinski definition) is 4. The highest BCUT2D eigenvalue weighted by Crippen LogP contribution is 2.24. The summed E-state index contributed by atoms with van der Waals surface area (Å²) in [4.78, 5) is 18.9. The minimum Gasteiger partial charge on any atom is -0.490 e. The van der Waals surface area contributed by atoms with Crippen molar-refractivity contribution >= 4 is 17.5 Å². The van der Waals surface area contributed by atoms with Crippen LogP contribution in [0.1, 0.15) is 23.2 Å². The van der Waals surface area contributed by atoms with Crippen molar-refractivity contribution in [2.75, 3.05) is 13.1 Å². The molecule has 0 saturated carbocycles. The van der Waals surface area contributed by atoms with Crippen molar-refractivity contribution in [3.8, 4) is 17.4 Å². The largest absolute Gasteiger partial charge is 0.490 e. The monoisotopic (exact) mass is 408 g/mol. The van der Waals surface area contributed by atoms with E-state index in [1.165, 1.54) is 0 Å². The Kier molecular flexibility index (Phi) is 5.96. The number of aromatic nitrogens is 1. The number of likely N-dealkylation sites (tertiary alicyclic amines) is 1. The molecule has 0 radical (unpaired) electrons. The Morgan fingerprint density at radius 2 is 1.76 bits per heavy atom. The first kappa shape index (κ1) is 19.3. The first-order valence-corrected chi connectivity index (χ1v) is 9.95. The summed E-state index contributed by atoms with van der Waals surface area (Å²) in [6.45, 7) is 1.31. The summed E-state index contributed by atoms with van der Waals surface area (Å²) < 4.78 is 11.7. The molecule has 0 spiro atoms. The minimum absolute atomic E-state index is 0.00131. The Balaban J connectivity index is 1.34. The lowest BCUT2D eigenvalue weighted by atomic mass is 10.1. The number of ether oxygens (including phenoxy) is 2. The molecule has 3 aromatic rings. The normalized spacial score (nSPS) is 14.4. The SMILES string of the molecule is O=C(c1cccc(Oc2ccccn2)c1)N1CCC(Oc2ccc(Cl)cc2)CC1. The average Bonchev–Trinajstić information content (AvgIpc) is 2.76. The standard InChI is InChI=1S/C23H21ClN2O3/c24-18-7-9-19(10-8-18)28-20-11-14-26(15-12-20)23(27)17-4-3-5-21(16-17)29-22-6-1-2-13-25-22/h1-10,13,16,20H,11-12,14-15H2. The van der Waals surface area contributed by atoms with Crippen molar-refractivity contribution in [3.63, 3.8) is 0 Å². The molecule has 6 heteroatoms. The highest BCUT2D eigenvalue weighted by atomic mass is 35.5. The van der Waals surface area contributed by atoms with Crippen LogP contribution >= 0.6 is 11.6 Å². The molecule has 1 amide bonds. The van der Waals surface area contributed by atoms with Crippen LogP contribution in [0.4, 0.5) is 0 Å². The van der Waals surface area contributed by atoms with Gasteiger partial charge in [0.05, 0.1) is 0 Å². The Bertz CT molecular complexity index is 955. The smallest absolute Gasteiger partial charge is 0.253 e. The lowest BCUT2D eigenvalue weighted by Gasteiger charge is -2.32. The number of carbonyl (C=O) groups excluding carboxylic acids is 1. The van der Waals surface area contributed by atoms with E-state index in [0.717, 1.165) is 18.6 Å². The van der Waals surface area contributed by atoms with Crippen molar-refractivity contribution in [1.29, 1.82) is 0 Å². The molecule has 0 bridgehead atoms. The van der Waals surface area contributed by atoms with E-state index in [2.05, 4.69) is 4.98 Å². The molecule has 2 aromatic carbocycles. The van der Waals surface area contributed by atoms with E-state index in [4.69, 9.17) is 21.1 Å². The maximum atomic E-state index is 12.9. The Morgan fingerprint density at radius 1 is 0.966 bits per heavy atom. The van der Waals surface area contributed by atoms with Gasteiger partial charge in [-0.05, 0) is 48.5 Å². The van der Waals surface area contributed by atoms with Gasteiger partial charge in [-0.3, -0.25) is 4.79 Å². The molecule has 1 aliphatic rings. The van der Waals surface area contributed by atoms with Gasteiger partial charge in [0, 0.05) is 48.8 Å². The Hall–Kier alpha value is -3.05. The summed E-state index contributed by atoms with van der Waals surface area (Å²) in [5, 5.41) is 0.687. The molecule has 4 rings (SSSR count). The fraction of sp³-hybridized carbons (Fsp3) is 0.217. The lowest BCUT2D eigenvalue weighted by molar-refractivity contribution is 0.0595. The summed E-state index contributed by atoms with van der Waals surface area (Å²) in [5.74, 6) is 1.90. The molecule has 1 aliphatic heterocycles. The summed E-state index contributed by atoms with van der Waals surface area (Å²) in [6.07, 6.45) is 3.34. The third-order valence-electron chi connectivity index (χ3n) is 4.79. The first-order chi connectivity index (χ1) is 14.2. The molecule has 0 atom stereocenters. The van der Waals surface area contributed by atoms with Crippen molar-refractivity contribution in [2.24, 2.45) is 0 Å². The molecule has 0 N–H and O–H groups in total. The van der Waals surface area contributed by atoms with Crippen LogP contribution in [-0.4, -0.2) is 35.0 Å². The molecule has 1 saturated heterocycles. The molecule has 2 heterocycles. The van der Waals surface area contributed by atoms with Crippen molar-refractivity contribution in [3.05, 3.63) is 83.5 Å². The molecule has 1 fully saturated rings. The van der Waals surface area contributed by atoms with E-state index >= 15 is 0 Å². The number of halogens is 1. The van der Waals surface area contributed by atoms with Crippen molar-refractivity contribution < 1.29 is 14.3 Å². The van der Waals surface area contributed by atoms with Crippen molar-refractivity contribution in [1.82, 2.24) is 9.88 Å². The molecular weight excluding hydrogens is 388 g/mol. The zero-order valence-electron chi connectivity index (χ0n) is 15.8. The number of pyridine rings is 1. The van der Waals surface area contributed by atoms with Gasteiger partial charge < -0.3 is 14.4 Å². The molecule has 148 valence electrons. The topological polar surface area (TPSA) is 51.7 Å². The third-order valence-corrected chi connectivity index (χ3v) is 5.04. The summed E-state index contributed by atoms with van der Waals surface area (Å²) in [5.41, 5.74) is 0.607. The highest BCUT2D eigenvalue weighted by molar-refractivity contribution is 6.30. The van der Waals surface area contributed by atoms with E-state index in [9.17, 15) is 4.79 Å². The van der Waals surface area contributed by atoms with Crippen LogP contribution in [0, 0.1) is 0 Å². The minimum atomic E-state index is 0.00131. The quantitative estimate of drug-likeness (QED) is 0.581. The molecule has 0 unspecified atom stereocenters. The van der Waals surface area contributed by atoms with Gasteiger partial charge in [0.2, 0.25) is 5.88 Å². The van der Waals surface area contributed by atoms with E-state index in [-0.39, 0.29) is 12.0 Å². The van der Waals surface area contributed by atoms with Gasteiger partial charge in [-0.25, -0.2) is 4.98 Å². The first-order valence-electron chi connectivity index (χ1n) is 9.58.